The van der Waals surface area contributed by atoms with Crippen LogP contribution in [0.3, 0.4) is 0 Å². The van der Waals surface area contributed by atoms with E-state index in [0.29, 0.717) is 17.8 Å². The molecule has 0 saturated heterocycles. The normalized spacial score (nSPS) is 62.8. The largest absolute Gasteiger partial charge is 0.444 e. The van der Waals surface area contributed by atoms with E-state index in [1.54, 1.807) is 0 Å². The Morgan fingerprint density at radius 2 is 1.67 bits per heavy atom. The monoisotopic (exact) mass is 243 g/mol. The van der Waals surface area contributed by atoms with Crippen molar-refractivity contribution in [3.8, 4) is 12.3 Å². The highest BCUT2D eigenvalue weighted by Gasteiger charge is 3.10. The number of alkyl carbamates (subject to hydrolysis) is 1. The molecule has 0 aromatic heterocycles. The van der Waals surface area contributed by atoms with Crippen LogP contribution in [0, 0.1) is 53.3 Å². The number of nitrogens with one attached hydrogen (secondary N) is 1. The summed E-state index contributed by atoms with van der Waals surface area (Å²) in [5, 5.41) is 3.17. The number of rotatable bonds is 1. The van der Waals surface area contributed by atoms with E-state index in [4.69, 9.17) is 11.2 Å². The summed E-state index contributed by atoms with van der Waals surface area (Å²) >= 11 is 0. The van der Waals surface area contributed by atoms with Gasteiger partial charge in [-0.15, -0.1) is 6.42 Å². The van der Waals surface area contributed by atoms with Crippen molar-refractivity contribution in [1.82, 2.24) is 5.32 Å². The van der Waals surface area contributed by atoms with Gasteiger partial charge in [0.15, 0.2) is 0 Å². The minimum absolute atomic E-state index is 0.112. The maximum atomic E-state index is 11.9. The zero-order valence-corrected chi connectivity index (χ0v) is 10.9. The maximum absolute atomic E-state index is 11.9. The summed E-state index contributed by atoms with van der Waals surface area (Å²) in [6.07, 6.45) is 5.45. The molecule has 6 fully saturated rings. The van der Waals surface area contributed by atoms with Gasteiger partial charge in [0.1, 0.15) is 5.60 Å². The molecule has 6 saturated carbocycles. The molecule has 0 heterocycles. The fourth-order valence-corrected chi connectivity index (χ4v) is 6.55. The Hall–Kier alpha value is -1.17. The summed E-state index contributed by atoms with van der Waals surface area (Å²) in [6, 6.07) is 0. The molecule has 94 valence electrons. The van der Waals surface area contributed by atoms with E-state index in [1.807, 2.05) is 20.8 Å². The molecule has 0 radical (unpaired) electrons. The predicted molar refractivity (Wildman–Crippen MR) is 64.3 cm³/mol. The van der Waals surface area contributed by atoms with Gasteiger partial charge in [-0.25, -0.2) is 4.79 Å². The molecule has 0 aliphatic heterocycles. The molecule has 0 atom stereocenters. The SMILES string of the molecule is C#CC12C3C4C1C1C2C3C41NC(=O)OC(C)(C)C. The van der Waals surface area contributed by atoms with Gasteiger partial charge in [-0.2, -0.15) is 0 Å². The number of ether oxygens (including phenoxy) is 1. The molecule has 18 heavy (non-hydrogen) atoms. The molecule has 3 nitrogen and oxygen atoms in total. The molecule has 0 spiro atoms. The quantitative estimate of drug-likeness (QED) is 0.711. The van der Waals surface area contributed by atoms with Gasteiger partial charge in [-0.3, -0.25) is 0 Å². The summed E-state index contributed by atoms with van der Waals surface area (Å²) in [5.74, 6) is 7.30. The Morgan fingerprint density at radius 1 is 1.17 bits per heavy atom. The lowest BCUT2D eigenvalue weighted by atomic mass is 8.94. The highest BCUT2D eigenvalue weighted by Crippen LogP contribution is 3.06. The number of terminal acetylenes is 1. The van der Waals surface area contributed by atoms with Crippen molar-refractivity contribution in [2.45, 2.75) is 31.9 Å². The van der Waals surface area contributed by atoms with Gasteiger partial charge in [-0.05, 0) is 56.3 Å². The van der Waals surface area contributed by atoms with Gasteiger partial charge in [-0.1, -0.05) is 5.92 Å². The number of carbonyl (C=O) groups is 1. The van der Waals surface area contributed by atoms with Crippen LogP contribution in [0.5, 0.6) is 0 Å². The van der Waals surface area contributed by atoms with E-state index >= 15 is 0 Å². The average Bonchev–Trinajstić information content (AvgIpc) is 2.27. The minimum atomic E-state index is -0.414. The van der Waals surface area contributed by atoms with Crippen LogP contribution in [0.25, 0.3) is 0 Å². The van der Waals surface area contributed by atoms with E-state index in [-0.39, 0.29) is 17.0 Å². The molecule has 0 aromatic rings. The third-order valence-corrected chi connectivity index (χ3v) is 6.60. The van der Waals surface area contributed by atoms with Crippen LogP contribution in [-0.4, -0.2) is 17.2 Å². The molecule has 3 heteroatoms. The van der Waals surface area contributed by atoms with E-state index in [1.165, 1.54) is 0 Å². The van der Waals surface area contributed by atoms with Crippen molar-refractivity contribution >= 4 is 6.09 Å². The van der Waals surface area contributed by atoms with E-state index in [9.17, 15) is 4.79 Å². The fraction of sp³-hybridized carbons (Fsp3) is 0.800. The first kappa shape index (κ1) is 9.72. The maximum Gasteiger partial charge on any atom is 0.408 e. The summed E-state index contributed by atoms with van der Waals surface area (Å²) in [5.41, 5.74) is -0.0127. The van der Waals surface area contributed by atoms with E-state index in [0.717, 1.165) is 17.8 Å². The van der Waals surface area contributed by atoms with Gasteiger partial charge >= 0.3 is 6.09 Å². The predicted octanol–water partition coefficient (Wildman–Crippen LogP) is 1.63. The molecule has 1 amide bonds. The van der Waals surface area contributed by atoms with Crippen molar-refractivity contribution in [2.24, 2.45) is 40.9 Å². The van der Waals surface area contributed by atoms with Crippen LogP contribution < -0.4 is 5.32 Å². The van der Waals surface area contributed by atoms with Crippen molar-refractivity contribution in [3.05, 3.63) is 0 Å². The molecule has 6 rings (SSSR count). The Morgan fingerprint density at radius 3 is 2.06 bits per heavy atom. The smallest absolute Gasteiger partial charge is 0.408 e. The van der Waals surface area contributed by atoms with Gasteiger partial charge in [0.25, 0.3) is 0 Å². The summed E-state index contributed by atoms with van der Waals surface area (Å²) < 4.78 is 5.38. The number of amides is 1. The van der Waals surface area contributed by atoms with E-state index < -0.39 is 5.60 Å². The van der Waals surface area contributed by atoms with Crippen molar-refractivity contribution in [2.75, 3.05) is 0 Å². The Kier molecular flexibility index (Phi) is 1.13. The summed E-state index contributed by atoms with van der Waals surface area (Å²) in [4.78, 5) is 11.9. The highest BCUT2D eigenvalue weighted by molar-refractivity contribution is 5.74. The lowest BCUT2D eigenvalue weighted by molar-refractivity contribution is -0.607. The first-order chi connectivity index (χ1) is 8.39. The fourth-order valence-electron chi connectivity index (χ4n) is 6.55. The van der Waals surface area contributed by atoms with Crippen LogP contribution in [0.2, 0.25) is 0 Å². The molecule has 1 N–H and O–H groups in total. The van der Waals surface area contributed by atoms with Crippen LogP contribution in [-0.2, 0) is 4.74 Å². The standard InChI is InChI=1S/C15H17NO2/c1-5-14-6-9-7(14)11-8(14)10(6)15(9,11)16-12(17)18-13(2,3)4/h1,6-11H,2-4H3,(H,16,17). The zero-order chi connectivity index (χ0) is 12.7. The first-order valence-electron chi connectivity index (χ1n) is 6.88. The third-order valence-electron chi connectivity index (χ3n) is 6.60. The average molecular weight is 243 g/mol. The Bertz CT molecular complexity index is 496. The summed E-state index contributed by atoms with van der Waals surface area (Å²) in [6.45, 7) is 5.71. The van der Waals surface area contributed by atoms with Crippen molar-refractivity contribution in [1.29, 1.82) is 0 Å². The minimum Gasteiger partial charge on any atom is -0.444 e. The Labute approximate surface area is 107 Å². The molecule has 6 aliphatic rings. The van der Waals surface area contributed by atoms with Crippen molar-refractivity contribution < 1.29 is 9.53 Å². The lowest BCUT2D eigenvalue weighted by Gasteiger charge is -3.09. The second-order valence-electron chi connectivity index (χ2n) is 7.79. The number of hydrogen-bond donors (Lipinski definition) is 1. The topological polar surface area (TPSA) is 38.3 Å². The number of carbonyl (C=O) groups excluding carboxylic acids is 1. The molecule has 0 unspecified atom stereocenters. The lowest BCUT2D eigenvalue weighted by Crippen LogP contribution is -3.15. The molecule has 0 bridgehead atoms. The molecular formula is C15H17NO2. The second-order valence-corrected chi connectivity index (χ2v) is 7.79. The molecule has 6 aliphatic carbocycles. The van der Waals surface area contributed by atoms with Gasteiger partial charge in [0.05, 0.1) is 5.54 Å². The van der Waals surface area contributed by atoms with Crippen LogP contribution in [0.15, 0.2) is 0 Å². The van der Waals surface area contributed by atoms with E-state index in [2.05, 4.69) is 11.2 Å². The van der Waals surface area contributed by atoms with Gasteiger partial charge in [0, 0.05) is 5.41 Å². The van der Waals surface area contributed by atoms with Crippen LogP contribution in [0.1, 0.15) is 20.8 Å². The Balaban J connectivity index is 1.34. The van der Waals surface area contributed by atoms with Gasteiger partial charge < -0.3 is 10.1 Å². The first-order valence-corrected chi connectivity index (χ1v) is 6.88. The van der Waals surface area contributed by atoms with Crippen molar-refractivity contribution in [3.63, 3.8) is 0 Å². The van der Waals surface area contributed by atoms with Gasteiger partial charge in [0.2, 0.25) is 0 Å². The highest BCUT2D eigenvalue weighted by atomic mass is 16.6. The third kappa shape index (κ3) is 0.550. The zero-order valence-electron chi connectivity index (χ0n) is 10.9. The molecule has 0 aromatic carbocycles. The molecular weight excluding hydrogens is 226 g/mol. The van der Waals surface area contributed by atoms with Crippen LogP contribution >= 0.6 is 0 Å². The summed E-state index contributed by atoms with van der Waals surface area (Å²) in [7, 11) is 0. The second kappa shape index (κ2) is 2.09. The van der Waals surface area contributed by atoms with Crippen LogP contribution in [0.4, 0.5) is 4.79 Å². The number of hydrogen-bond acceptors (Lipinski definition) is 2.